The van der Waals surface area contributed by atoms with Gasteiger partial charge in [-0.15, -0.1) is 0 Å². The summed E-state index contributed by atoms with van der Waals surface area (Å²) in [4.78, 5) is 0. The highest BCUT2D eigenvalue weighted by Gasteiger charge is 2.20. The number of aliphatic hydroxyl groups is 1. The van der Waals surface area contributed by atoms with E-state index in [4.69, 9.17) is 5.11 Å². The van der Waals surface area contributed by atoms with Gasteiger partial charge in [-0.1, -0.05) is 6.92 Å². The average molecular weight is 171 g/mol. The Bertz CT molecular complexity index is 125. The molecule has 2 nitrogen and oxygen atoms in total. The average Bonchev–Trinajstić information content (AvgIpc) is 2.35. The highest BCUT2D eigenvalue weighted by atomic mass is 16.3. The number of rotatable bonds is 4. The molecule has 0 spiro atoms. The second-order valence-corrected chi connectivity index (χ2v) is 4.21. The fourth-order valence-electron chi connectivity index (χ4n) is 1.89. The highest BCUT2D eigenvalue weighted by Crippen LogP contribution is 2.24. The first-order valence-electron chi connectivity index (χ1n) is 5.10. The van der Waals surface area contributed by atoms with Crippen LogP contribution < -0.4 is 5.32 Å². The molecule has 0 amide bonds. The van der Waals surface area contributed by atoms with Crippen molar-refractivity contribution in [2.75, 3.05) is 6.54 Å². The lowest BCUT2D eigenvalue weighted by molar-refractivity contribution is 0.182. The van der Waals surface area contributed by atoms with Gasteiger partial charge < -0.3 is 10.4 Å². The Morgan fingerprint density at radius 3 is 2.75 bits per heavy atom. The smallest absolute Gasteiger partial charge is 0.0524 e. The van der Waals surface area contributed by atoms with Crippen molar-refractivity contribution >= 4 is 0 Å². The number of hydrogen-bond donors (Lipinski definition) is 2. The molecule has 0 radical (unpaired) electrons. The summed E-state index contributed by atoms with van der Waals surface area (Å²) in [6.45, 7) is 5.13. The van der Waals surface area contributed by atoms with Gasteiger partial charge in [-0.2, -0.15) is 0 Å². The van der Waals surface area contributed by atoms with E-state index in [0.29, 0.717) is 0 Å². The molecular formula is C10H21NO. The summed E-state index contributed by atoms with van der Waals surface area (Å²) in [5.74, 6) is 0.897. The van der Waals surface area contributed by atoms with Gasteiger partial charge in [0.2, 0.25) is 0 Å². The molecule has 0 aromatic rings. The highest BCUT2D eigenvalue weighted by molar-refractivity contribution is 4.78. The van der Waals surface area contributed by atoms with E-state index in [9.17, 15) is 0 Å². The fourth-order valence-corrected chi connectivity index (χ4v) is 1.89. The molecule has 1 aliphatic rings. The summed E-state index contributed by atoms with van der Waals surface area (Å²) in [7, 11) is 0. The van der Waals surface area contributed by atoms with Crippen LogP contribution in [-0.4, -0.2) is 23.8 Å². The predicted octanol–water partition coefficient (Wildman–Crippen LogP) is 1.54. The Kier molecular flexibility index (Phi) is 4.02. The molecule has 1 rings (SSSR count). The summed E-state index contributed by atoms with van der Waals surface area (Å²) in [6.07, 6.45) is 4.73. The number of hydrogen-bond acceptors (Lipinski definition) is 2. The van der Waals surface area contributed by atoms with Crippen LogP contribution in [0.1, 0.15) is 39.5 Å². The lowest BCUT2D eigenvalue weighted by atomic mass is 10.1. The molecule has 72 valence electrons. The molecule has 1 saturated carbocycles. The Hall–Kier alpha value is -0.0800. The van der Waals surface area contributed by atoms with E-state index in [0.717, 1.165) is 24.9 Å². The van der Waals surface area contributed by atoms with Crippen molar-refractivity contribution in [2.24, 2.45) is 5.92 Å². The van der Waals surface area contributed by atoms with Crippen molar-refractivity contribution in [3.8, 4) is 0 Å². The lowest BCUT2D eigenvalue weighted by Crippen LogP contribution is -2.28. The molecule has 2 heteroatoms. The van der Waals surface area contributed by atoms with E-state index in [1.165, 1.54) is 19.3 Å². The molecule has 0 unspecified atom stereocenters. The summed E-state index contributed by atoms with van der Waals surface area (Å²) >= 11 is 0. The normalized spacial score (nSPS) is 32.2. The van der Waals surface area contributed by atoms with Crippen molar-refractivity contribution in [1.29, 1.82) is 0 Å². The van der Waals surface area contributed by atoms with Crippen molar-refractivity contribution < 1.29 is 5.11 Å². The van der Waals surface area contributed by atoms with Crippen LogP contribution in [0.15, 0.2) is 0 Å². The summed E-state index contributed by atoms with van der Waals surface area (Å²) in [5.41, 5.74) is 0. The van der Waals surface area contributed by atoms with Gasteiger partial charge in [-0.3, -0.25) is 0 Å². The van der Waals surface area contributed by atoms with Crippen LogP contribution in [0.4, 0.5) is 0 Å². The van der Waals surface area contributed by atoms with Crippen LogP contribution in [0.25, 0.3) is 0 Å². The third kappa shape index (κ3) is 3.55. The van der Waals surface area contributed by atoms with Crippen molar-refractivity contribution in [3.05, 3.63) is 0 Å². The standard InChI is InChI=1S/C10H21NO/c1-8-3-4-10(7-8)11-6-5-9(2)12/h8-12H,3-7H2,1-2H3/t8-,9+,10+/m0/s1. The molecule has 2 N–H and O–H groups in total. The van der Waals surface area contributed by atoms with Crippen LogP contribution in [0, 0.1) is 5.92 Å². The molecule has 0 bridgehead atoms. The topological polar surface area (TPSA) is 32.3 Å². The maximum atomic E-state index is 9.04. The Balaban J connectivity index is 2.00. The SMILES string of the molecule is C[C@H]1CC[C@@H](NCC[C@@H](C)O)C1. The first-order valence-corrected chi connectivity index (χ1v) is 5.10. The third-order valence-corrected chi connectivity index (χ3v) is 2.69. The Morgan fingerprint density at radius 2 is 2.25 bits per heavy atom. The molecule has 0 aromatic carbocycles. The van der Waals surface area contributed by atoms with Crippen LogP contribution in [0.2, 0.25) is 0 Å². The molecular weight excluding hydrogens is 150 g/mol. The van der Waals surface area contributed by atoms with Gasteiger partial charge in [0.25, 0.3) is 0 Å². The molecule has 1 aliphatic carbocycles. The molecule has 3 atom stereocenters. The third-order valence-electron chi connectivity index (χ3n) is 2.69. The lowest BCUT2D eigenvalue weighted by Gasteiger charge is -2.12. The van der Waals surface area contributed by atoms with Gasteiger partial charge >= 0.3 is 0 Å². The second kappa shape index (κ2) is 4.83. The minimum absolute atomic E-state index is 0.156. The second-order valence-electron chi connectivity index (χ2n) is 4.21. The number of aliphatic hydroxyl groups excluding tert-OH is 1. The van der Waals surface area contributed by atoms with Gasteiger partial charge in [-0.05, 0) is 45.1 Å². The van der Waals surface area contributed by atoms with Gasteiger partial charge in [-0.25, -0.2) is 0 Å². The van der Waals surface area contributed by atoms with E-state index in [2.05, 4.69) is 12.2 Å². The summed E-state index contributed by atoms with van der Waals surface area (Å²) < 4.78 is 0. The minimum atomic E-state index is -0.156. The summed E-state index contributed by atoms with van der Waals surface area (Å²) in [5, 5.41) is 12.5. The maximum absolute atomic E-state index is 9.04. The molecule has 12 heavy (non-hydrogen) atoms. The van der Waals surface area contributed by atoms with E-state index < -0.39 is 0 Å². The van der Waals surface area contributed by atoms with Crippen LogP contribution >= 0.6 is 0 Å². The van der Waals surface area contributed by atoms with Gasteiger partial charge in [0.15, 0.2) is 0 Å². The fraction of sp³-hybridized carbons (Fsp3) is 1.00. The van der Waals surface area contributed by atoms with Crippen molar-refractivity contribution in [2.45, 2.75) is 51.7 Å². The van der Waals surface area contributed by atoms with Crippen molar-refractivity contribution in [3.63, 3.8) is 0 Å². The predicted molar refractivity (Wildman–Crippen MR) is 51.1 cm³/mol. The monoisotopic (exact) mass is 171 g/mol. The van der Waals surface area contributed by atoms with Gasteiger partial charge in [0, 0.05) is 6.04 Å². The van der Waals surface area contributed by atoms with Crippen LogP contribution in [0.5, 0.6) is 0 Å². The van der Waals surface area contributed by atoms with E-state index in [1.54, 1.807) is 0 Å². The Morgan fingerprint density at radius 1 is 1.50 bits per heavy atom. The molecule has 0 saturated heterocycles. The quantitative estimate of drug-likeness (QED) is 0.672. The minimum Gasteiger partial charge on any atom is -0.393 e. The molecule has 0 aromatic heterocycles. The first-order chi connectivity index (χ1) is 5.68. The van der Waals surface area contributed by atoms with E-state index in [1.807, 2.05) is 6.92 Å². The van der Waals surface area contributed by atoms with E-state index >= 15 is 0 Å². The molecule has 0 aliphatic heterocycles. The summed E-state index contributed by atoms with van der Waals surface area (Å²) in [6, 6.07) is 0.721. The zero-order valence-electron chi connectivity index (χ0n) is 8.21. The molecule has 0 heterocycles. The van der Waals surface area contributed by atoms with Crippen LogP contribution in [-0.2, 0) is 0 Å². The van der Waals surface area contributed by atoms with Crippen molar-refractivity contribution in [1.82, 2.24) is 5.32 Å². The van der Waals surface area contributed by atoms with Gasteiger partial charge in [0.05, 0.1) is 6.10 Å². The largest absolute Gasteiger partial charge is 0.393 e. The first kappa shape index (κ1) is 10.0. The zero-order valence-corrected chi connectivity index (χ0v) is 8.21. The Labute approximate surface area is 75.4 Å². The zero-order chi connectivity index (χ0) is 8.97. The number of nitrogens with one attached hydrogen (secondary N) is 1. The molecule has 1 fully saturated rings. The van der Waals surface area contributed by atoms with Crippen LogP contribution in [0.3, 0.4) is 0 Å². The maximum Gasteiger partial charge on any atom is 0.0524 e. The van der Waals surface area contributed by atoms with Gasteiger partial charge in [0.1, 0.15) is 0 Å². The van der Waals surface area contributed by atoms with E-state index in [-0.39, 0.29) is 6.10 Å².